The Bertz CT molecular complexity index is 787. The van der Waals surface area contributed by atoms with Crippen molar-refractivity contribution in [1.29, 1.82) is 0 Å². The van der Waals surface area contributed by atoms with Gasteiger partial charge in [0.15, 0.2) is 0 Å². The fourth-order valence-corrected chi connectivity index (χ4v) is 3.58. The van der Waals surface area contributed by atoms with Crippen molar-refractivity contribution in [1.82, 2.24) is 20.2 Å². The second-order valence-corrected chi connectivity index (χ2v) is 7.34. The fourth-order valence-electron chi connectivity index (χ4n) is 3.41. The molecular formula is C19H24ClN5O2. The highest BCUT2D eigenvalue weighted by molar-refractivity contribution is 6.31. The smallest absolute Gasteiger partial charge is 0.255 e. The van der Waals surface area contributed by atoms with Crippen LogP contribution in [0.4, 0.5) is 5.95 Å². The normalized spacial score (nSPS) is 19.4. The van der Waals surface area contributed by atoms with Crippen molar-refractivity contribution in [3.05, 3.63) is 47.2 Å². The Morgan fingerprint density at radius 3 is 2.74 bits per heavy atom. The van der Waals surface area contributed by atoms with Crippen LogP contribution in [0.2, 0.25) is 5.02 Å². The number of carbonyl (C=O) groups excluding carboxylic acids is 1. The van der Waals surface area contributed by atoms with Gasteiger partial charge in [-0.1, -0.05) is 11.6 Å². The van der Waals surface area contributed by atoms with E-state index in [4.69, 9.17) is 16.3 Å². The maximum atomic E-state index is 12.9. The zero-order chi connectivity index (χ0) is 19.4. The number of rotatable bonds is 6. The number of amides is 1. The minimum Gasteiger partial charge on any atom is -0.496 e. The second kappa shape index (κ2) is 8.54. The van der Waals surface area contributed by atoms with Gasteiger partial charge in [0, 0.05) is 43.0 Å². The number of nitrogens with zero attached hydrogens (tertiary/aromatic N) is 4. The predicted molar refractivity (Wildman–Crippen MR) is 106 cm³/mol. The van der Waals surface area contributed by atoms with Gasteiger partial charge in [-0.05, 0) is 38.4 Å². The van der Waals surface area contributed by atoms with E-state index >= 15 is 0 Å². The van der Waals surface area contributed by atoms with E-state index < -0.39 is 0 Å². The van der Waals surface area contributed by atoms with E-state index in [2.05, 4.69) is 25.1 Å². The Morgan fingerprint density at radius 2 is 2.07 bits per heavy atom. The highest BCUT2D eigenvalue weighted by Gasteiger charge is 2.35. The van der Waals surface area contributed by atoms with Crippen LogP contribution in [0.15, 0.2) is 36.7 Å². The first-order valence-corrected chi connectivity index (χ1v) is 9.17. The lowest BCUT2D eigenvalue weighted by Crippen LogP contribution is -2.43. The standard InChI is InChI=1S/C19H24ClN5O2/c1-24(2)10-13-11-25(19-21-7-4-8-22-19)12-16(13)23-18(26)15-9-14(20)5-6-17(15)27-3/h4-9,13,16H,10-12H2,1-3H3,(H,23,26)/t13-,16-/m1/s1. The van der Waals surface area contributed by atoms with E-state index in [1.54, 1.807) is 43.8 Å². The molecule has 1 aliphatic heterocycles. The average Bonchev–Trinajstić information content (AvgIpc) is 3.04. The first-order chi connectivity index (χ1) is 13.0. The lowest BCUT2D eigenvalue weighted by Gasteiger charge is -2.23. The van der Waals surface area contributed by atoms with Crippen molar-refractivity contribution >= 4 is 23.5 Å². The molecule has 0 bridgehead atoms. The van der Waals surface area contributed by atoms with E-state index in [0.29, 0.717) is 28.8 Å². The summed E-state index contributed by atoms with van der Waals surface area (Å²) >= 11 is 6.07. The first kappa shape index (κ1) is 19.4. The largest absolute Gasteiger partial charge is 0.496 e. The molecule has 1 aromatic heterocycles. The molecule has 1 saturated heterocycles. The molecule has 3 rings (SSSR count). The molecule has 0 unspecified atom stereocenters. The van der Waals surface area contributed by atoms with Crippen LogP contribution >= 0.6 is 11.6 Å². The summed E-state index contributed by atoms with van der Waals surface area (Å²) in [6, 6.07) is 6.79. The molecule has 8 heteroatoms. The summed E-state index contributed by atoms with van der Waals surface area (Å²) in [7, 11) is 5.60. The molecule has 0 saturated carbocycles. The molecule has 1 N–H and O–H groups in total. The molecule has 2 aromatic rings. The van der Waals surface area contributed by atoms with Crippen LogP contribution in [-0.4, -0.2) is 67.7 Å². The zero-order valence-corrected chi connectivity index (χ0v) is 16.5. The zero-order valence-electron chi connectivity index (χ0n) is 15.7. The molecule has 2 atom stereocenters. The number of benzene rings is 1. The maximum absolute atomic E-state index is 12.9. The van der Waals surface area contributed by atoms with Gasteiger partial charge >= 0.3 is 0 Å². The van der Waals surface area contributed by atoms with Gasteiger partial charge in [0.05, 0.1) is 18.7 Å². The van der Waals surface area contributed by atoms with Gasteiger partial charge in [0.1, 0.15) is 5.75 Å². The topological polar surface area (TPSA) is 70.6 Å². The molecule has 2 heterocycles. The van der Waals surface area contributed by atoms with Crippen LogP contribution in [0.5, 0.6) is 5.75 Å². The third-order valence-electron chi connectivity index (χ3n) is 4.60. The molecule has 0 radical (unpaired) electrons. The van der Waals surface area contributed by atoms with Gasteiger partial charge in [-0.25, -0.2) is 9.97 Å². The van der Waals surface area contributed by atoms with Crippen molar-refractivity contribution < 1.29 is 9.53 Å². The molecule has 144 valence electrons. The van der Waals surface area contributed by atoms with Crippen molar-refractivity contribution in [3.8, 4) is 5.75 Å². The third-order valence-corrected chi connectivity index (χ3v) is 4.83. The summed E-state index contributed by atoms with van der Waals surface area (Å²) in [4.78, 5) is 25.8. The minimum atomic E-state index is -0.195. The molecule has 0 aliphatic carbocycles. The number of methoxy groups -OCH3 is 1. The Kier molecular flexibility index (Phi) is 6.13. The number of aromatic nitrogens is 2. The summed E-state index contributed by atoms with van der Waals surface area (Å²) in [5, 5.41) is 3.65. The van der Waals surface area contributed by atoms with Crippen LogP contribution in [0, 0.1) is 5.92 Å². The van der Waals surface area contributed by atoms with Crippen molar-refractivity contribution in [3.63, 3.8) is 0 Å². The predicted octanol–water partition coefficient (Wildman–Crippen LogP) is 1.94. The van der Waals surface area contributed by atoms with E-state index in [-0.39, 0.29) is 17.9 Å². The van der Waals surface area contributed by atoms with Crippen LogP contribution in [-0.2, 0) is 0 Å². The highest BCUT2D eigenvalue weighted by atomic mass is 35.5. The van der Waals surface area contributed by atoms with Crippen molar-refractivity contribution in [2.24, 2.45) is 5.92 Å². The Hall–Kier alpha value is -2.38. The van der Waals surface area contributed by atoms with Gasteiger partial charge in [-0.3, -0.25) is 4.79 Å². The second-order valence-electron chi connectivity index (χ2n) is 6.90. The number of hydrogen-bond donors (Lipinski definition) is 1. The average molecular weight is 390 g/mol. The van der Waals surface area contributed by atoms with Crippen molar-refractivity contribution in [2.45, 2.75) is 6.04 Å². The van der Waals surface area contributed by atoms with Gasteiger partial charge in [0.25, 0.3) is 5.91 Å². The highest BCUT2D eigenvalue weighted by Crippen LogP contribution is 2.25. The van der Waals surface area contributed by atoms with E-state index in [0.717, 1.165) is 13.1 Å². The summed E-state index contributed by atoms with van der Waals surface area (Å²) in [6.07, 6.45) is 3.46. The number of carbonyl (C=O) groups is 1. The summed E-state index contributed by atoms with van der Waals surface area (Å²) in [6.45, 7) is 2.28. The molecule has 1 fully saturated rings. The van der Waals surface area contributed by atoms with E-state index in [1.165, 1.54) is 0 Å². The SMILES string of the molecule is COc1ccc(Cl)cc1C(=O)N[C@@H]1CN(c2ncccn2)C[C@H]1CN(C)C. The van der Waals surface area contributed by atoms with Gasteiger partial charge in [-0.2, -0.15) is 0 Å². The number of halogens is 1. The van der Waals surface area contributed by atoms with Crippen molar-refractivity contribution in [2.75, 3.05) is 45.7 Å². The van der Waals surface area contributed by atoms with Gasteiger partial charge < -0.3 is 19.9 Å². The molecule has 1 aromatic carbocycles. The van der Waals surface area contributed by atoms with E-state index in [1.807, 2.05) is 14.1 Å². The first-order valence-electron chi connectivity index (χ1n) is 8.79. The Balaban J connectivity index is 1.78. The van der Waals surface area contributed by atoms with Crippen LogP contribution in [0.25, 0.3) is 0 Å². The Labute approximate surface area is 164 Å². The van der Waals surface area contributed by atoms with E-state index in [9.17, 15) is 4.79 Å². The quantitative estimate of drug-likeness (QED) is 0.814. The number of anilines is 1. The summed E-state index contributed by atoms with van der Waals surface area (Å²) < 4.78 is 5.31. The Morgan fingerprint density at radius 1 is 1.33 bits per heavy atom. The molecule has 7 nitrogen and oxygen atoms in total. The maximum Gasteiger partial charge on any atom is 0.255 e. The fraction of sp³-hybridized carbons (Fsp3) is 0.421. The van der Waals surface area contributed by atoms with Crippen LogP contribution in [0.3, 0.4) is 0 Å². The molecule has 1 aliphatic rings. The van der Waals surface area contributed by atoms with Crippen LogP contribution in [0.1, 0.15) is 10.4 Å². The number of nitrogens with one attached hydrogen (secondary N) is 1. The monoisotopic (exact) mass is 389 g/mol. The summed E-state index contributed by atoms with van der Waals surface area (Å²) in [5.74, 6) is 1.23. The molecule has 0 spiro atoms. The lowest BCUT2D eigenvalue weighted by molar-refractivity contribution is 0.0925. The summed E-state index contributed by atoms with van der Waals surface area (Å²) in [5.41, 5.74) is 0.433. The van der Waals surface area contributed by atoms with Gasteiger partial charge in [0.2, 0.25) is 5.95 Å². The lowest BCUT2D eigenvalue weighted by atomic mass is 10.0. The number of hydrogen-bond acceptors (Lipinski definition) is 6. The minimum absolute atomic E-state index is 0.0348. The van der Waals surface area contributed by atoms with Gasteiger partial charge in [-0.15, -0.1) is 0 Å². The molecular weight excluding hydrogens is 366 g/mol. The van der Waals surface area contributed by atoms with Crippen LogP contribution < -0.4 is 15.0 Å². The molecule has 27 heavy (non-hydrogen) atoms. The third kappa shape index (κ3) is 4.67. The molecule has 1 amide bonds. The number of ether oxygens (including phenoxy) is 1.